The molecule has 0 bridgehead atoms. The number of anilines is 1. The summed E-state index contributed by atoms with van der Waals surface area (Å²) in [6.45, 7) is 7.37. The molecule has 1 aromatic rings. The van der Waals surface area contributed by atoms with E-state index < -0.39 is 0 Å². The third kappa shape index (κ3) is 4.70. The molecule has 2 saturated heterocycles. The third-order valence-corrected chi connectivity index (χ3v) is 6.65. The number of morpholine rings is 1. The van der Waals surface area contributed by atoms with E-state index in [-0.39, 0.29) is 17.0 Å². The third-order valence-electron chi connectivity index (χ3n) is 5.27. The van der Waals surface area contributed by atoms with Crippen LogP contribution < -0.4 is 10.5 Å². The van der Waals surface area contributed by atoms with Gasteiger partial charge in [-0.15, -0.1) is 0 Å². The van der Waals surface area contributed by atoms with Crippen LogP contribution >= 0.6 is 24.0 Å². The van der Waals surface area contributed by atoms with Gasteiger partial charge in [0.05, 0.1) is 31.3 Å². The molecule has 0 aromatic carbocycles. The van der Waals surface area contributed by atoms with Crippen molar-refractivity contribution in [1.82, 2.24) is 9.47 Å². The number of nitrogens with zero attached hydrogens (tertiary/aromatic N) is 4. The molecule has 3 heterocycles. The fourth-order valence-corrected chi connectivity index (χ4v) is 4.99. The maximum absolute atomic E-state index is 13.1. The standard InChI is InChI=1S/C21H26N4O4S2/c1-4-5-24-18(23-6-10-29-11-7-23)15(14(2)16(13-22)19(24)26)12-17-20(27)25(8-9-28-3)21(30)31-17/h12H,4-11H2,1-3H3/b17-12-. The molecule has 0 spiro atoms. The van der Waals surface area contributed by atoms with Crippen molar-refractivity contribution in [2.45, 2.75) is 26.8 Å². The molecule has 1 amide bonds. The van der Waals surface area contributed by atoms with Crippen LogP contribution in [0.3, 0.4) is 0 Å². The van der Waals surface area contributed by atoms with E-state index in [0.717, 1.165) is 12.2 Å². The first kappa shape index (κ1) is 23.5. The first-order valence-electron chi connectivity index (χ1n) is 10.2. The second-order valence-electron chi connectivity index (χ2n) is 7.23. The Morgan fingerprint density at radius 2 is 2.00 bits per heavy atom. The van der Waals surface area contributed by atoms with E-state index in [9.17, 15) is 14.9 Å². The van der Waals surface area contributed by atoms with Crippen LogP contribution in [0.25, 0.3) is 6.08 Å². The molecule has 8 nitrogen and oxygen atoms in total. The van der Waals surface area contributed by atoms with E-state index >= 15 is 0 Å². The number of thiocarbonyl (C=S) groups is 1. The maximum atomic E-state index is 13.1. The molecule has 0 saturated carbocycles. The Morgan fingerprint density at radius 1 is 1.29 bits per heavy atom. The molecular formula is C21H26N4O4S2. The summed E-state index contributed by atoms with van der Waals surface area (Å²) in [5, 5.41) is 9.68. The second-order valence-corrected chi connectivity index (χ2v) is 8.91. The molecule has 31 heavy (non-hydrogen) atoms. The van der Waals surface area contributed by atoms with Crippen LogP contribution in [0.2, 0.25) is 0 Å². The number of carbonyl (C=O) groups excluding carboxylic acids is 1. The van der Waals surface area contributed by atoms with Crippen LogP contribution in [0.15, 0.2) is 9.70 Å². The van der Waals surface area contributed by atoms with Gasteiger partial charge in [0, 0.05) is 32.3 Å². The zero-order valence-electron chi connectivity index (χ0n) is 18.0. The zero-order valence-corrected chi connectivity index (χ0v) is 19.6. The minimum Gasteiger partial charge on any atom is -0.383 e. The van der Waals surface area contributed by atoms with Gasteiger partial charge < -0.3 is 14.4 Å². The molecule has 0 atom stereocenters. The Hall–Kier alpha value is -2.19. The van der Waals surface area contributed by atoms with Gasteiger partial charge in [-0.2, -0.15) is 5.26 Å². The fourth-order valence-electron chi connectivity index (χ4n) is 3.70. The molecule has 166 valence electrons. The van der Waals surface area contributed by atoms with Crippen molar-refractivity contribution >= 4 is 46.1 Å². The zero-order chi connectivity index (χ0) is 22.5. The molecule has 0 radical (unpaired) electrons. The molecule has 0 unspecified atom stereocenters. The molecular weight excluding hydrogens is 436 g/mol. The normalized spacial score (nSPS) is 18.2. The minimum absolute atomic E-state index is 0.103. The Kier molecular flexibility index (Phi) is 7.89. The highest BCUT2D eigenvalue weighted by atomic mass is 32.2. The van der Waals surface area contributed by atoms with Gasteiger partial charge in [0.1, 0.15) is 21.8 Å². The number of rotatable bonds is 7. The Morgan fingerprint density at radius 3 is 2.61 bits per heavy atom. The predicted octanol–water partition coefficient (Wildman–Crippen LogP) is 2.12. The lowest BCUT2D eigenvalue weighted by Crippen LogP contribution is -2.41. The predicted molar refractivity (Wildman–Crippen MR) is 125 cm³/mol. The Labute approximate surface area is 191 Å². The molecule has 0 N–H and O–H groups in total. The summed E-state index contributed by atoms with van der Waals surface area (Å²) in [5.74, 6) is 0.542. The largest absolute Gasteiger partial charge is 0.383 e. The average Bonchev–Trinajstić information content (AvgIpc) is 3.03. The van der Waals surface area contributed by atoms with Crippen molar-refractivity contribution in [2.24, 2.45) is 0 Å². The van der Waals surface area contributed by atoms with Gasteiger partial charge in [-0.05, 0) is 25.0 Å². The van der Waals surface area contributed by atoms with Crippen molar-refractivity contribution in [3.8, 4) is 6.07 Å². The molecule has 0 aliphatic carbocycles. The fraction of sp³-hybridized carbons (Fsp3) is 0.524. The van der Waals surface area contributed by atoms with Gasteiger partial charge in [0.2, 0.25) is 0 Å². The van der Waals surface area contributed by atoms with Crippen LogP contribution in [-0.2, 0) is 20.8 Å². The molecule has 1 aromatic heterocycles. The maximum Gasteiger partial charge on any atom is 0.270 e. The summed E-state index contributed by atoms with van der Waals surface area (Å²) in [5.41, 5.74) is 1.09. The van der Waals surface area contributed by atoms with Gasteiger partial charge in [0.15, 0.2) is 0 Å². The van der Waals surface area contributed by atoms with Crippen LogP contribution in [0.5, 0.6) is 0 Å². The second kappa shape index (κ2) is 10.4. The first-order chi connectivity index (χ1) is 14.9. The number of aromatic nitrogens is 1. The van der Waals surface area contributed by atoms with Gasteiger partial charge >= 0.3 is 0 Å². The van der Waals surface area contributed by atoms with Crippen molar-refractivity contribution < 1.29 is 14.3 Å². The lowest BCUT2D eigenvalue weighted by molar-refractivity contribution is -0.122. The number of amides is 1. The molecule has 2 fully saturated rings. The Balaban J connectivity index is 2.18. The number of hydrogen-bond donors (Lipinski definition) is 0. The van der Waals surface area contributed by atoms with E-state index in [1.807, 2.05) is 6.92 Å². The van der Waals surface area contributed by atoms with Crippen molar-refractivity contribution in [1.29, 1.82) is 5.26 Å². The highest BCUT2D eigenvalue weighted by Crippen LogP contribution is 2.36. The SMILES string of the molecule is CCCn1c(N2CCOCC2)c(/C=C2\SC(=S)N(CCOC)C2=O)c(C)c(C#N)c1=O. The number of pyridine rings is 1. The molecule has 2 aliphatic heterocycles. The summed E-state index contributed by atoms with van der Waals surface area (Å²) < 4.78 is 12.7. The number of ether oxygens (including phenoxy) is 2. The lowest BCUT2D eigenvalue weighted by atomic mass is 10.0. The van der Waals surface area contributed by atoms with Crippen molar-refractivity contribution in [2.75, 3.05) is 51.5 Å². The summed E-state index contributed by atoms with van der Waals surface area (Å²) >= 11 is 6.62. The number of carbonyl (C=O) groups is 1. The number of thioether (sulfide) groups is 1. The van der Waals surface area contributed by atoms with E-state index in [0.29, 0.717) is 66.4 Å². The number of hydrogen-bond acceptors (Lipinski definition) is 8. The van der Waals surface area contributed by atoms with Gasteiger partial charge in [-0.25, -0.2) is 0 Å². The summed E-state index contributed by atoms with van der Waals surface area (Å²) in [4.78, 5) is 30.2. The van der Waals surface area contributed by atoms with E-state index in [1.165, 1.54) is 16.7 Å². The van der Waals surface area contributed by atoms with E-state index in [1.54, 1.807) is 24.7 Å². The van der Waals surface area contributed by atoms with Crippen molar-refractivity contribution in [3.05, 3.63) is 31.9 Å². The smallest absolute Gasteiger partial charge is 0.270 e. The summed E-state index contributed by atoms with van der Waals surface area (Å²) in [6, 6.07) is 2.06. The van der Waals surface area contributed by atoms with Crippen LogP contribution in [0.4, 0.5) is 5.82 Å². The van der Waals surface area contributed by atoms with Crippen molar-refractivity contribution in [3.63, 3.8) is 0 Å². The quantitative estimate of drug-likeness (QED) is 0.450. The number of nitriles is 1. The molecule has 3 rings (SSSR count). The summed E-state index contributed by atoms with van der Waals surface area (Å²) in [6.07, 6.45) is 2.52. The van der Waals surface area contributed by atoms with E-state index in [4.69, 9.17) is 21.7 Å². The van der Waals surface area contributed by atoms with Crippen LogP contribution in [0.1, 0.15) is 30.0 Å². The lowest BCUT2D eigenvalue weighted by Gasteiger charge is -2.33. The van der Waals surface area contributed by atoms with E-state index in [2.05, 4.69) is 11.0 Å². The van der Waals surface area contributed by atoms with Crippen LogP contribution in [0, 0.1) is 18.3 Å². The topological polar surface area (TPSA) is 87.8 Å². The van der Waals surface area contributed by atoms with Crippen LogP contribution in [-0.4, -0.2) is 66.3 Å². The highest BCUT2D eigenvalue weighted by molar-refractivity contribution is 8.26. The average molecular weight is 463 g/mol. The monoisotopic (exact) mass is 462 g/mol. The Bertz CT molecular complexity index is 1010. The van der Waals surface area contributed by atoms with Gasteiger partial charge in [-0.1, -0.05) is 30.9 Å². The molecule has 10 heteroatoms. The van der Waals surface area contributed by atoms with Gasteiger partial charge in [0.25, 0.3) is 11.5 Å². The highest BCUT2D eigenvalue weighted by Gasteiger charge is 2.33. The number of methoxy groups -OCH3 is 1. The van der Waals surface area contributed by atoms with Gasteiger partial charge in [-0.3, -0.25) is 19.1 Å². The first-order valence-corrected chi connectivity index (χ1v) is 11.4. The molecule has 2 aliphatic rings. The minimum atomic E-state index is -0.298. The summed E-state index contributed by atoms with van der Waals surface area (Å²) in [7, 11) is 1.58.